The quantitative estimate of drug-likeness (QED) is 0.822. The van der Waals surface area contributed by atoms with Crippen LogP contribution in [0.25, 0.3) is 0 Å². The van der Waals surface area contributed by atoms with Gasteiger partial charge >= 0.3 is 0 Å². The van der Waals surface area contributed by atoms with E-state index in [1.807, 2.05) is 54.3 Å². The molecule has 0 N–H and O–H groups in total. The predicted molar refractivity (Wildman–Crippen MR) is 75.5 cm³/mol. The molecule has 0 unspecified atom stereocenters. The highest BCUT2D eigenvalue weighted by atomic mass is 16.2. The van der Waals surface area contributed by atoms with Crippen LogP contribution in [0.15, 0.2) is 54.9 Å². The molecule has 2 rings (SSSR count). The Hall–Kier alpha value is -2.16. The third-order valence-electron chi connectivity index (χ3n) is 3.03. The molecular formula is C16H18N2O. The van der Waals surface area contributed by atoms with Gasteiger partial charge in [0.2, 0.25) is 5.91 Å². The van der Waals surface area contributed by atoms with E-state index in [-0.39, 0.29) is 5.91 Å². The molecule has 0 atom stereocenters. The molecule has 1 amide bonds. The van der Waals surface area contributed by atoms with E-state index in [1.165, 1.54) is 0 Å². The van der Waals surface area contributed by atoms with Crippen molar-refractivity contribution in [2.45, 2.75) is 19.9 Å². The maximum atomic E-state index is 12.2. The molecule has 0 fully saturated rings. The zero-order valence-corrected chi connectivity index (χ0v) is 11.1. The number of rotatable bonds is 5. The zero-order valence-electron chi connectivity index (χ0n) is 11.1. The number of carbonyl (C=O) groups excluding carboxylic acids is 1. The topological polar surface area (TPSA) is 33.2 Å². The summed E-state index contributed by atoms with van der Waals surface area (Å²) in [5, 5.41) is 0. The van der Waals surface area contributed by atoms with E-state index in [1.54, 1.807) is 12.4 Å². The lowest BCUT2D eigenvalue weighted by molar-refractivity contribution is -0.130. The summed E-state index contributed by atoms with van der Waals surface area (Å²) in [7, 11) is 0. The second kappa shape index (κ2) is 6.69. The average molecular weight is 254 g/mol. The molecule has 3 nitrogen and oxygen atoms in total. The lowest BCUT2D eigenvalue weighted by Gasteiger charge is -2.21. The Balaban J connectivity index is 2.00. The van der Waals surface area contributed by atoms with Gasteiger partial charge in [-0.05, 0) is 24.1 Å². The monoisotopic (exact) mass is 254 g/mol. The first-order valence-corrected chi connectivity index (χ1v) is 6.50. The Kier molecular flexibility index (Phi) is 4.67. The second-order valence-corrected chi connectivity index (χ2v) is 4.43. The lowest BCUT2D eigenvalue weighted by Crippen LogP contribution is -2.31. The SMILES string of the molecule is CCN(Cc1ccccc1)C(=O)Cc1cccnc1. The summed E-state index contributed by atoms with van der Waals surface area (Å²) in [6.07, 6.45) is 3.87. The van der Waals surface area contributed by atoms with Gasteiger partial charge in [0.15, 0.2) is 0 Å². The van der Waals surface area contributed by atoms with Crippen LogP contribution >= 0.6 is 0 Å². The predicted octanol–water partition coefficient (Wildman–Crippen LogP) is 2.67. The first-order valence-electron chi connectivity index (χ1n) is 6.50. The summed E-state index contributed by atoms with van der Waals surface area (Å²) in [5.41, 5.74) is 2.11. The van der Waals surface area contributed by atoms with Gasteiger partial charge < -0.3 is 4.90 Å². The summed E-state index contributed by atoms with van der Waals surface area (Å²) in [6.45, 7) is 3.38. The number of pyridine rings is 1. The van der Waals surface area contributed by atoms with Gasteiger partial charge in [-0.1, -0.05) is 36.4 Å². The largest absolute Gasteiger partial charge is 0.338 e. The van der Waals surface area contributed by atoms with Crippen LogP contribution in [0.3, 0.4) is 0 Å². The fourth-order valence-corrected chi connectivity index (χ4v) is 1.97. The fourth-order valence-electron chi connectivity index (χ4n) is 1.97. The average Bonchev–Trinajstić information content (AvgIpc) is 2.47. The minimum absolute atomic E-state index is 0.138. The van der Waals surface area contributed by atoms with Crippen molar-refractivity contribution in [3.63, 3.8) is 0 Å². The van der Waals surface area contributed by atoms with E-state index >= 15 is 0 Å². The van der Waals surface area contributed by atoms with Gasteiger partial charge in [0, 0.05) is 25.5 Å². The Morgan fingerprint density at radius 2 is 1.84 bits per heavy atom. The number of likely N-dealkylation sites (N-methyl/N-ethyl adjacent to an activating group) is 1. The fraction of sp³-hybridized carbons (Fsp3) is 0.250. The molecule has 19 heavy (non-hydrogen) atoms. The molecule has 0 bridgehead atoms. The molecule has 0 saturated heterocycles. The number of hydrogen-bond donors (Lipinski definition) is 0. The molecule has 0 aliphatic rings. The van der Waals surface area contributed by atoms with Gasteiger partial charge in [-0.15, -0.1) is 0 Å². The normalized spacial score (nSPS) is 10.2. The van der Waals surface area contributed by atoms with Gasteiger partial charge in [0.25, 0.3) is 0 Å². The van der Waals surface area contributed by atoms with Gasteiger partial charge in [0.05, 0.1) is 6.42 Å². The van der Waals surface area contributed by atoms with E-state index in [9.17, 15) is 4.79 Å². The van der Waals surface area contributed by atoms with E-state index < -0.39 is 0 Å². The molecule has 1 aromatic carbocycles. The molecule has 0 aliphatic heterocycles. The van der Waals surface area contributed by atoms with Gasteiger partial charge in [-0.25, -0.2) is 0 Å². The molecule has 1 heterocycles. The molecule has 98 valence electrons. The smallest absolute Gasteiger partial charge is 0.227 e. The van der Waals surface area contributed by atoms with Crippen molar-refractivity contribution in [2.75, 3.05) is 6.54 Å². The van der Waals surface area contributed by atoms with E-state index in [4.69, 9.17) is 0 Å². The highest BCUT2D eigenvalue weighted by molar-refractivity contribution is 5.78. The Morgan fingerprint density at radius 1 is 1.11 bits per heavy atom. The summed E-state index contributed by atoms with van der Waals surface area (Å²) in [5.74, 6) is 0.138. The third kappa shape index (κ3) is 3.91. The van der Waals surface area contributed by atoms with Crippen molar-refractivity contribution in [1.29, 1.82) is 0 Å². The van der Waals surface area contributed by atoms with Crippen LogP contribution in [0.1, 0.15) is 18.1 Å². The van der Waals surface area contributed by atoms with Gasteiger partial charge in [-0.2, -0.15) is 0 Å². The number of nitrogens with zero attached hydrogens (tertiary/aromatic N) is 2. The first kappa shape index (κ1) is 13.3. The molecule has 0 saturated carbocycles. The van der Waals surface area contributed by atoms with Crippen molar-refractivity contribution >= 4 is 5.91 Å². The van der Waals surface area contributed by atoms with Crippen molar-refractivity contribution in [2.24, 2.45) is 0 Å². The number of amides is 1. The van der Waals surface area contributed by atoms with E-state index in [2.05, 4.69) is 4.98 Å². The summed E-state index contributed by atoms with van der Waals surface area (Å²) >= 11 is 0. The molecule has 0 spiro atoms. The van der Waals surface area contributed by atoms with Crippen LogP contribution in [0, 0.1) is 0 Å². The second-order valence-electron chi connectivity index (χ2n) is 4.43. The summed E-state index contributed by atoms with van der Waals surface area (Å²) in [4.78, 5) is 18.1. The number of carbonyl (C=O) groups is 1. The number of aromatic nitrogens is 1. The molecule has 2 aromatic rings. The minimum Gasteiger partial charge on any atom is -0.338 e. The van der Waals surface area contributed by atoms with Crippen LogP contribution in [-0.4, -0.2) is 22.3 Å². The maximum Gasteiger partial charge on any atom is 0.227 e. The Morgan fingerprint density at radius 3 is 2.47 bits per heavy atom. The van der Waals surface area contributed by atoms with Crippen LogP contribution in [0.2, 0.25) is 0 Å². The molecule has 0 aliphatic carbocycles. The van der Waals surface area contributed by atoms with Crippen LogP contribution in [0.4, 0.5) is 0 Å². The van der Waals surface area contributed by atoms with Crippen LogP contribution in [0.5, 0.6) is 0 Å². The lowest BCUT2D eigenvalue weighted by atomic mass is 10.1. The minimum atomic E-state index is 0.138. The summed E-state index contributed by atoms with van der Waals surface area (Å²) < 4.78 is 0. The summed E-state index contributed by atoms with van der Waals surface area (Å²) in [6, 6.07) is 13.8. The van der Waals surface area contributed by atoms with Crippen LogP contribution in [-0.2, 0) is 17.8 Å². The first-order chi connectivity index (χ1) is 9.29. The zero-order chi connectivity index (χ0) is 13.5. The van der Waals surface area contributed by atoms with E-state index in [0.717, 1.165) is 11.1 Å². The van der Waals surface area contributed by atoms with Crippen molar-refractivity contribution < 1.29 is 4.79 Å². The van der Waals surface area contributed by atoms with Gasteiger partial charge in [-0.3, -0.25) is 9.78 Å². The highest BCUT2D eigenvalue weighted by Crippen LogP contribution is 2.07. The maximum absolute atomic E-state index is 12.2. The number of hydrogen-bond acceptors (Lipinski definition) is 2. The Labute approximate surface area is 113 Å². The van der Waals surface area contributed by atoms with Crippen molar-refractivity contribution in [3.05, 3.63) is 66.0 Å². The molecule has 1 aromatic heterocycles. The van der Waals surface area contributed by atoms with Gasteiger partial charge in [0.1, 0.15) is 0 Å². The molecular weight excluding hydrogens is 236 g/mol. The number of benzene rings is 1. The standard InChI is InChI=1S/C16H18N2O/c1-2-18(13-14-7-4-3-5-8-14)16(19)11-15-9-6-10-17-12-15/h3-10,12H,2,11,13H2,1H3. The van der Waals surface area contributed by atoms with Crippen molar-refractivity contribution in [3.8, 4) is 0 Å². The third-order valence-corrected chi connectivity index (χ3v) is 3.03. The molecule has 0 radical (unpaired) electrons. The highest BCUT2D eigenvalue weighted by Gasteiger charge is 2.12. The Bertz CT molecular complexity index is 511. The van der Waals surface area contributed by atoms with E-state index in [0.29, 0.717) is 19.5 Å². The molecule has 3 heteroatoms. The van der Waals surface area contributed by atoms with Crippen molar-refractivity contribution in [1.82, 2.24) is 9.88 Å². The van der Waals surface area contributed by atoms with Crippen LogP contribution < -0.4 is 0 Å².